The summed E-state index contributed by atoms with van der Waals surface area (Å²) in [7, 11) is 0. The Morgan fingerprint density at radius 1 is 1.39 bits per heavy atom. The van der Waals surface area contributed by atoms with Crippen molar-refractivity contribution in [2.24, 2.45) is 0 Å². The lowest BCUT2D eigenvalue weighted by Gasteiger charge is -2.02. The van der Waals surface area contributed by atoms with Crippen LogP contribution >= 0.6 is 11.6 Å². The van der Waals surface area contributed by atoms with E-state index in [1.54, 1.807) is 35.3 Å². The van der Waals surface area contributed by atoms with E-state index in [4.69, 9.17) is 11.6 Å². The van der Waals surface area contributed by atoms with Crippen molar-refractivity contribution in [3.63, 3.8) is 0 Å². The van der Waals surface area contributed by atoms with E-state index in [0.717, 1.165) is 12.8 Å². The molecule has 0 atom stereocenters. The van der Waals surface area contributed by atoms with Crippen LogP contribution in [0.25, 0.3) is 6.08 Å². The molecular weight excluding hydrogens is 310 g/mol. The van der Waals surface area contributed by atoms with Gasteiger partial charge in [0.05, 0.1) is 12.7 Å². The van der Waals surface area contributed by atoms with E-state index in [-0.39, 0.29) is 11.4 Å². The first-order valence-electron chi connectivity index (χ1n) is 7.51. The highest BCUT2D eigenvalue weighted by Gasteiger charge is 2.12. The fraction of sp³-hybridized carbons (Fsp3) is 0.278. The molecule has 0 aliphatic rings. The lowest BCUT2D eigenvalue weighted by molar-refractivity contribution is 0.104. The second-order valence-corrected chi connectivity index (χ2v) is 5.55. The van der Waals surface area contributed by atoms with E-state index in [1.165, 1.54) is 5.56 Å². The highest BCUT2D eigenvalue weighted by molar-refractivity contribution is 6.17. The van der Waals surface area contributed by atoms with Crippen molar-refractivity contribution in [3.05, 3.63) is 58.9 Å². The Morgan fingerprint density at radius 2 is 2.13 bits per heavy atom. The summed E-state index contributed by atoms with van der Waals surface area (Å²) < 4.78 is 1.68. The molecule has 0 spiro atoms. The molecule has 2 aromatic rings. The van der Waals surface area contributed by atoms with E-state index in [9.17, 15) is 10.1 Å². The Labute approximate surface area is 141 Å². The molecule has 0 unspecified atom stereocenters. The van der Waals surface area contributed by atoms with Gasteiger partial charge in [0.15, 0.2) is 0 Å². The summed E-state index contributed by atoms with van der Waals surface area (Å²) in [6, 6.07) is 9.39. The Kier molecular flexibility index (Phi) is 6.13. The average Bonchev–Trinajstić information content (AvgIpc) is 3.01. The van der Waals surface area contributed by atoms with Crippen LogP contribution in [0, 0.1) is 11.3 Å². The van der Waals surface area contributed by atoms with Gasteiger partial charge < -0.3 is 0 Å². The Hall–Kier alpha value is -2.38. The van der Waals surface area contributed by atoms with Gasteiger partial charge >= 0.3 is 0 Å². The zero-order valence-corrected chi connectivity index (χ0v) is 13.8. The standard InChI is InChI=1S/C18H18ClN3O/c1-2-3-14-4-6-16(7-5-14)18(23)17(11-20)10-15-12-21-22(13-15)9-8-19/h4-7,10,12-13H,2-3,8-9H2,1H3. The zero-order valence-electron chi connectivity index (χ0n) is 13.0. The molecule has 0 amide bonds. The molecule has 4 nitrogen and oxygen atoms in total. The van der Waals surface area contributed by atoms with Crippen LogP contribution in [0.2, 0.25) is 0 Å². The molecule has 0 aliphatic carbocycles. The van der Waals surface area contributed by atoms with Crippen LogP contribution in [0.1, 0.15) is 34.8 Å². The molecule has 0 bridgehead atoms. The molecule has 0 N–H and O–H groups in total. The number of aryl methyl sites for hydroxylation is 2. The van der Waals surface area contributed by atoms with Crippen LogP contribution in [-0.4, -0.2) is 21.4 Å². The SMILES string of the molecule is CCCc1ccc(C(=O)C(C#N)=Cc2cnn(CCCl)c2)cc1. The molecule has 0 saturated carbocycles. The van der Waals surface area contributed by atoms with Gasteiger partial charge in [-0.3, -0.25) is 9.48 Å². The smallest absolute Gasteiger partial charge is 0.203 e. The second-order valence-electron chi connectivity index (χ2n) is 5.17. The first-order valence-corrected chi connectivity index (χ1v) is 8.05. The number of rotatable bonds is 7. The second kappa shape index (κ2) is 8.30. The topological polar surface area (TPSA) is 58.7 Å². The maximum absolute atomic E-state index is 12.4. The number of allylic oxidation sites excluding steroid dienone is 1. The van der Waals surface area contributed by atoms with Gasteiger partial charge in [-0.05, 0) is 18.1 Å². The van der Waals surface area contributed by atoms with Crippen molar-refractivity contribution in [1.82, 2.24) is 9.78 Å². The van der Waals surface area contributed by atoms with Crippen LogP contribution in [0.4, 0.5) is 0 Å². The predicted octanol–water partition coefficient (Wildman–Crippen LogP) is 3.86. The number of benzene rings is 1. The van der Waals surface area contributed by atoms with Gasteiger partial charge in [-0.15, -0.1) is 11.6 Å². The van der Waals surface area contributed by atoms with Gasteiger partial charge in [-0.2, -0.15) is 10.4 Å². The van der Waals surface area contributed by atoms with Crippen LogP contribution in [0.5, 0.6) is 0 Å². The number of nitriles is 1. The lowest BCUT2D eigenvalue weighted by Crippen LogP contribution is -2.02. The molecule has 0 fully saturated rings. The largest absolute Gasteiger partial charge is 0.288 e. The van der Waals surface area contributed by atoms with Gasteiger partial charge in [0.1, 0.15) is 11.6 Å². The summed E-state index contributed by atoms with van der Waals surface area (Å²) in [4.78, 5) is 12.4. The molecule has 1 aromatic carbocycles. The predicted molar refractivity (Wildman–Crippen MR) is 91.3 cm³/mol. The normalized spacial score (nSPS) is 11.3. The first-order chi connectivity index (χ1) is 11.2. The van der Waals surface area contributed by atoms with Gasteiger partial charge in [0.25, 0.3) is 0 Å². The summed E-state index contributed by atoms with van der Waals surface area (Å²) in [5.74, 6) is 0.180. The number of hydrogen-bond donors (Lipinski definition) is 0. The van der Waals surface area contributed by atoms with E-state index in [2.05, 4.69) is 12.0 Å². The zero-order chi connectivity index (χ0) is 16.7. The number of nitrogens with zero attached hydrogens (tertiary/aromatic N) is 3. The van der Waals surface area contributed by atoms with Crippen LogP contribution in [0.3, 0.4) is 0 Å². The molecule has 0 radical (unpaired) electrons. The Morgan fingerprint density at radius 3 is 2.74 bits per heavy atom. The fourth-order valence-corrected chi connectivity index (χ4v) is 2.42. The minimum absolute atomic E-state index is 0.0960. The average molecular weight is 328 g/mol. The number of carbonyl (C=O) groups is 1. The summed E-state index contributed by atoms with van der Waals surface area (Å²) >= 11 is 5.66. The number of hydrogen-bond acceptors (Lipinski definition) is 3. The van der Waals surface area contributed by atoms with Crippen LogP contribution in [0.15, 0.2) is 42.2 Å². The highest BCUT2D eigenvalue weighted by atomic mass is 35.5. The summed E-state index contributed by atoms with van der Waals surface area (Å²) in [6.07, 6.45) is 6.97. The van der Waals surface area contributed by atoms with Crippen LogP contribution in [-0.2, 0) is 13.0 Å². The van der Waals surface area contributed by atoms with Gasteiger partial charge in [-0.25, -0.2) is 0 Å². The molecule has 5 heteroatoms. The summed E-state index contributed by atoms with van der Waals surface area (Å²) in [5, 5.41) is 13.4. The molecule has 0 saturated heterocycles. The fourth-order valence-electron chi connectivity index (χ4n) is 2.25. The van der Waals surface area contributed by atoms with Crippen molar-refractivity contribution in [1.29, 1.82) is 5.26 Å². The van der Waals surface area contributed by atoms with E-state index >= 15 is 0 Å². The third-order valence-electron chi connectivity index (χ3n) is 3.40. The number of carbonyl (C=O) groups excluding carboxylic acids is 1. The van der Waals surface area contributed by atoms with E-state index in [0.29, 0.717) is 23.6 Å². The van der Waals surface area contributed by atoms with Crippen molar-refractivity contribution in [2.45, 2.75) is 26.3 Å². The van der Waals surface area contributed by atoms with Gasteiger partial charge in [0, 0.05) is 23.2 Å². The summed E-state index contributed by atoms with van der Waals surface area (Å²) in [6.45, 7) is 2.70. The monoisotopic (exact) mass is 327 g/mol. The molecular formula is C18H18ClN3O. The van der Waals surface area contributed by atoms with E-state index in [1.807, 2.05) is 18.2 Å². The van der Waals surface area contributed by atoms with Gasteiger partial charge in [-0.1, -0.05) is 37.6 Å². The highest BCUT2D eigenvalue weighted by Crippen LogP contribution is 2.14. The Bertz CT molecular complexity index is 738. The molecule has 23 heavy (non-hydrogen) atoms. The quantitative estimate of drug-likeness (QED) is 0.336. The molecule has 1 aromatic heterocycles. The number of Topliss-reactive ketones (excluding diaryl/α,β-unsaturated/α-hetero) is 1. The summed E-state index contributed by atoms with van der Waals surface area (Å²) in [5.41, 5.74) is 2.51. The molecule has 118 valence electrons. The van der Waals surface area contributed by atoms with Crippen molar-refractivity contribution in [2.75, 3.05) is 5.88 Å². The third kappa shape index (κ3) is 4.54. The maximum atomic E-state index is 12.4. The number of halogens is 1. The number of ketones is 1. The first kappa shape index (κ1) is 17.0. The molecule has 0 aliphatic heterocycles. The van der Waals surface area contributed by atoms with Crippen molar-refractivity contribution in [3.8, 4) is 6.07 Å². The maximum Gasteiger partial charge on any atom is 0.203 e. The van der Waals surface area contributed by atoms with Crippen LogP contribution < -0.4 is 0 Å². The molecule has 1 heterocycles. The molecule has 2 rings (SSSR count). The lowest BCUT2D eigenvalue weighted by atomic mass is 10.0. The Balaban J connectivity index is 2.20. The number of alkyl halides is 1. The van der Waals surface area contributed by atoms with Gasteiger partial charge in [0.2, 0.25) is 5.78 Å². The minimum Gasteiger partial charge on any atom is -0.288 e. The number of aromatic nitrogens is 2. The minimum atomic E-state index is -0.277. The third-order valence-corrected chi connectivity index (χ3v) is 3.57. The van der Waals surface area contributed by atoms with E-state index < -0.39 is 0 Å². The van der Waals surface area contributed by atoms with Crippen molar-refractivity contribution < 1.29 is 4.79 Å². The van der Waals surface area contributed by atoms with Crippen molar-refractivity contribution >= 4 is 23.5 Å².